The molecule has 0 spiro atoms. The molecule has 0 atom stereocenters. The summed E-state index contributed by atoms with van der Waals surface area (Å²) in [5.41, 5.74) is 2.42. The molecule has 0 radical (unpaired) electrons. The van der Waals surface area contributed by atoms with Crippen LogP contribution in [-0.2, 0) is 29.2 Å². The Labute approximate surface area is 200 Å². The third-order valence-electron chi connectivity index (χ3n) is 5.49. The number of imidazole rings is 1. The maximum atomic E-state index is 12.8. The van der Waals surface area contributed by atoms with Crippen LogP contribution in [-0.4, -0.2) is 38.2 Å². The number of hydrogen-bond donors (Lipinski definition) is 1. The van der Waals surface area contributed by atoms with Gasteiger partial charge in [0.15, 0.2) is 0 Å². The number of amides is 2. The number of para-hydroxylation sites is 3. The minimum absolute atomic E-state index is 0.118. The van der Waals surface area contributed by atoms with E-state index in [1.807, 2.05) is 83.1 Å². The highest BCUT2D eigenvalue weighted by atomic mass is 16.6. The topological polar surface area (TPSA) is 85.6 Å². The van der Waals surface area contributed by atoms with Crippen LogP contribution >= 0.6 is 0 Å². The number of carbonyl (C=O) groups excluding carboxylic acids is 2. The lowest BCUT2D eigenvalue weighted by Gasteiger charge is -2.27. The molecule has 34 heavy (non-hydrogen) atoms. The molecule has 0 saturated carbocycles. The van der Waals surface area contributed by atoms with E-state index in [9.17, 15) is 14.4 Å². The number of aryl methyl sites for hydroxylation is 2. The molecule has 0 aliphatic heterocycles. The van der Waals surface area contributed by atoms with Crippen LogP contribution in [0.15, 0.2) is 53.3 Å². The number of nitrogens with one attached hydrogen (secondary N) is 1. The van der Waals surface area contributed by atoms with Crippen LogP contribution < -0.4 is 11.0 Å². The Morgan fingerprint density at radius 1 is 0.971 bits per heavy atom. The Bertz CT molecular complexity index is 1220. The van der Waals surface area contributed by atoms with Crippen LogP contribution in [0.3, 0.4) is 0 Å². The second-order valence-electron chi connectivity index (χ2n) is 9.12. The van der Waals surface area contributed by atoms with Crippen molar-refractivity contribution in [1.29, 1.82) is 0 Å². The fraction of sp³-hybridized carbons (Fsp3) is 0.423. The minimum Gasteiger partial charge on any atom is -0.444 e. The summed E-state index contributed by atoms with van der Waals surface area (Å²) in [6.07, 6.45) is -0.252. The predicted octanol–water partition coefficient (Wildman–Crippen LogP) is 4.61. The van der Waals surface area contributed by atoms with Crippen molar-refractivity contribution in [3.8, 4) is 0 Å². The molecule has 2 aromatic carbocycles. The SMILES string of the molecule is CCN(Cc1ccccc1NC(=O)CCn1c(=O)n(CC)c2ccccc21)C(=O)OC(C)(C)C. The highest BCUT2D eigenvalue weighted by Gasteiger charge is 2.22. The molecule has 0 unspecified atom stereocenters. The van der Waals surface area contributed by atoms with Gasteiger partial charge in [0.1, 0.15) is 5.60 Å². The maximum absolute atomic E-state index is 12.8. The summed E-state index contributed by atoms with van der Waals surface area (Å²) in [5.74, 6) is -0.201. The fourth-order valence-electron chi connectivity index (χ4n) is 3.84. The molecule has 0 saturated heterocycles. The number of aromatic nitrogens is 2. The first-order valence-corrected chi connectivity index (χ1v) is 11.7. The van der Waals surface area contributed by atoms with Crippen LogP contribution in [0, 0.1) is 0 Å². The van der Waals surface area contributed by atoms with Gasteiger partial charge in [0.25, 0.3) is 0 Å². The molecular formula is C26H34N4O4. The first-order valence-electron chi connectivity index (χ1n) is 11.7. The number of benzene rings is 2. The number of hydrogen-bond acceptors (Lipinski definition) is 4. The lowest BCUT2D eigenvalue weighted by Crippen LogP contribution is -2.36. The smallest absolute Gasteiger partial charge is 0.410 e. The zero-order valence-corrected chi connectivity index (χ0v) is 20.6. The molecule has 0 bridgehead atoms. The third-order valence-corrected chi connectivity index (χ3v) is 5.49. The lowest BCUT2D eigenvalue weighted by molar-refractivity contribution is -0.116. The Morgan fingerprint density at radius 2 is 1.59 bits per heavy atom. The van der Waals surface area contributed by atoms with E-state index in [-0.39, 0.29) is 24.6 Å². The quantitative estimate of drug-likeness (QED) is 0.525. The second-order valence-corrected chi connectivity index (χ2v) is 9.12. The summed E-state index contributed by atoms with van der Waals surface area (Å²) < 4.78 is 8.85. The zero-order chi connectivity index (χ0) is 24.9. The van der Waals surface area contributed by atoms with Gasteiger partial charge >= 0.3 is 11.8 Å². The Hall–Kier alpha value is -3.55. The number of nitrogens with zero attached hydrogens (tertiary/aromatic N) is 3. The van der Waals surface area contributed by atoms with Crippen LogP contribution in [0.1, 0.15) is 46.6 Å². The van der Waals surface area contributed by atoms with Crippen LogP contribution in [0.2, 0.25) is 0 Å². The molecule has 0 aliphatic carbocycles. The van der Waals surface area contributed by atoms with Gasteiger partial charge in [0.05, 0.1) is 17.6 Å². The molecule has 2 amide bonds. The van der Waals surface area contributed by atoms with Gasteiger partial charge in [0, 0.05) is 31.7 Å². The molecule has 0 aliphatic rings. The van der Waals surface area contributed by atoms with Crippen molar-refractivity contribution in [3.63, 3.8) is 0 Å². The van der Waals surface area contributed by atoms with Crippen molar-refractivity contribution in [2.75, 3.05) is 11.9 Å². The highest BCUT2D eigenvalue weighted by molar-refractivity contribution is 5.91. The number of rotatable bonds is 8. The number of anilines is 1. The number of carbonyl (C=O) groups is 2. The van der Waals surface area contributed by atoms with Gasteiger partial charge in [-0.3, -0.25) is 13.9 Å². The molecule has 3 rings (SSSR count). The number of ether oxygens (including phenoxy) is 1. The van der Waals surface area contributed by atoms with Crippen molar-refractivity contribution in [2.24, 2.45) is 0 Å². The highest BCUT2D eigenvalue weighted by Crippen LogP contribution is 2.20. The average molecular weight is 467 g/mol. The minimum atomic E-state index is -0.586. The molecule has 8 nitrogen and oxygen atoms in total. The van der Waals surface area contributed by atoms with E-state index in [1.54, 1.807) is 14.0 Å². The molecule has 3 aromatic rings. The lowest BCUT2D eigenvalue weighted by atomic mass is 10.1. The van der Waals surface area contributed by atoms with E-state index in [2.05, 4.69) is 5.32 Å². The van der Waals surface area contributed by atoms with Crippen LogP contribution in [0.4, 0.5) is 10.5 Å². The van der Waals surface area contributed by atoms with Gasteiger partial charge in [0.2, 0.25) is 5.91 Å². The van der Waals surface area contributed by atoms with Crippen molar-refractivity contribution < 1.29 is 14.3 Å². The van der Waals surface area contributed by atoms with Gasteiger partial charge in [-0.05, 0) is 58.4 Å². The molecule has 8 heteroatoms. The van der Waals surface area contributed by atoms with E-state index >= 15 is 0 Å². The first kappa shape index (κ1) is 25.1. The van der Waals surface area contributed by atoms with Crippen LogP contribution in [0.5, 0.6) is 0 Å². The maximum Gasteiger partial charge on any atom is 0.410 e. The molecule has 182 valence electrons. The Kier molecular flexibility index (Phi) is 7.81. The normalized spacial score (nSPS) is 11.4. The van der Waals surface area contributed by atoms with E-state index in [0.717, 1.165) is 16.6 Å². The largest absolute Gasteiger partial charge is 0.444 e. The van der Waals surface area contributed by atoms with E-state index < -0.39 is 11.7 Å². The van der Waals surface area contributed by atoms with E-state index in [4.69, 9.17) is 4.74 Å². The van der Waals surface area contributed by atoms with Crippen molar-refractivity contribution in [3.05, 3.63) is 64.6 Å². The average Bonchev–Trinajstić information content (AvgIpc) is 3.06. The molecule has 1 heterocycles. The monoisotopic (exact) mass is 466 g/mol. The zero-order valence-electron chi connectivity index (χ0n) is 20.6. The standard InChI is InChI=1S/C26H34N4O4/c1-6-28(25(33)34-26(3,4)5)18-19-12-8-9-13-20(19)27-23(31)16-17-30-22-15-11-10-14-21(22)29(7-2)24(30)32/h8-15H,6-7,16-18H2,1-5H3,(H,27,31). The number of fused-ring (bicyclic) bond motifs is 1. The summed E-state index contributed by atoms with van der Waals surface area (Å²) in [4.78, 5) is 39.7. The third kappa shape index (κ3) is 5.87. The summed E-state index contributed by atoms with van der Waals surface area (Å²) >= 11 is 0. The Balaban J connectivity index is 1.71. The van der Waals surface area contributed by atoms with Gasteiger partial charge in [-0.25, -0.2) is 9.59 Å². The van der Waals surface area contributed by atoms with Crippen LogP contribution in [0.25, 0.3) is 11.0 Å². The van der Waals surface area contributed by atoms with E-state index in [0.29, 0.717) is 25.3 Å². The van der Waals surface area contributed by atoms with Gasteiger partial charge in [-0.1, -0.05) is 30.3 Å². The fourth-order valence-corrected chi connectivity index (χ4v) is 3.84. The molecular weight excluding hydrogens is 432 g/mol. The Morgan fingerprint density at radius 3 is 2.21 bits per heavy atom. The van der Waals surface area contributed by atoms with Gasteiger partial charge < -0.3 is 15.0 Å². The summed E-state index contributed by atoms with van der Waals surface area (Å²) in [6.45, 7) is 10.9. The predicted molar refractivity (Wildman–Crippen MR) is 134 cm³/mol. The van der Waals surface area contributed by atoms with Crippen molar-refractivity contribution in [1.82, 2.24) is 14.0 Å². The van der Waals surface area contributed by atoms with Crippen molar-refractivity contribution >= 4 is 28.7 Å². The molecule has 1 N–H and O–H groups in total. The summed E-state index contributed by atoms with van der Waals surface area (Å²) in [5, 5.41) is 2.95. The van der Waals surface area contributed by atoms with Crippen molar-refractivity contribution in [2.45, 2.75) is 66.3 Å². The van der Waals surface area contributed by atoms with Gasteiger partial charge in [-0.15, -0.1) is 0 Å². The molecule has 1 aromatic heterocycles. The summed E-state index contributed by atoms with van der Waals surface area (Å²) in [6, 6.07) is 15.0. The first-order chi connectivity index (χ1) is 16.1. The molecule has 0 fully saturated rings. The second kappa shape index (κ2) is 10.6. The van der Waals surface area contributed by atoms with Gasteiger partial charge in [-0.2, -0.15) is 0 Å². The summed E-state index contributed by atoms with van der Waals surface area (Å²) in [7, 11) is 0. The van der Waals surface area contributed by atoms with E-state index in [1.165, 1.54) is 0 Å².